The van der Waals surface area contributed by atoms with Gasteiger partial charge in [0.25, 0.3) is 11.5 Å². The van der Waals surface area contributed by atoms with Crippen LogP contribution >= 0.6 is 0 Å². The van der Waals surface area contributed by atoms with Crippen LogP contribution in [0, 0.1) is 5.92 Å². The number of aromatic amines is 1. The number of anilines is 3. The third-order valence-electron chi connectivity index (χ3n) is 3.49. The molecule has 0 bridgehead atoms. The molecule has 0 saturated carbocycles. The summed E-state index contributed by atoms with van der Waals surface area (Å²) in [5.74, 6) is -1.06. The number of primary amides is 2. The molecule has 26 heavy (non-hydrogen) atoms. The molecule has 11 heteroatoms. The fourth-order valence-corrected chi connectivity index (χ4v) is 2.35. The molecule has 2 aromatic heterocycles. The Morgan fingerprint density at radius 1 is 1.35 bits per heavy atom. The first kappa shape index (κ1) is 19.0. The number of H-pyrrole nitrogens is 1. The van der Waals surface area contributed by atoms with E-state index in [0.717, 1.165) is 0 Å². The van der Waals surface area contributed by atoms with Crippen molar-refractivity contribution in [3.63, 3.8) is 0 Å². The molecule has 2 aromatic rings. The van der Waals surface area contributed by atoms with Crippen LogP contribution < -0.4 is 27.7 Å². The van der Waals surface area contributed by atoms with Crippen LogP contribution in [0.2, 0.25) is 0 Å². The van der Waals surface area contributed by atoms with Gasteiger partial charge in [-0.3, -0.25) is 24.0 Å². The van der Waals surface area contributed by atoms with Crippen molar-refractivity contribution in [3.8, 4) is 0 Å². The van der Waals surface area contributed by atoms with Crippen molar-refractivity contribution in [2.75, 3.05) is 10.6 Å². The maximum atomic E-state index is 12.3. The summed E-state index contributed by atoms with van der Waals surface area (Å²) >= 11 is 0. The van der Waals surface area contributed by atoms with Gasteiger partial charge in [0.2, 0.25) is 11.9 Å². The van der Waals surface area contributed by atoms with E-state index in [1.807, 2.05) is 13.8 Å². The summed E-state index contributed by atoms with van der Waals surface area (Å²) in [5.41, 5.74) is 9.57. The fraction of sp³-hybridized carbons (Fsp3) is 0.400. The van der Waals surface area contributed by atoms with Crippen molar-refractivity contribution in [1.82, 2.24) is 19.7 Å². The van der Waals surface area contributed by atoms with E-state index in [0.29, 0.717) is 12.2 Å². The molecule has 0 aliphatic heterocycles. The Morgan fingerprint density at radius 2 is 2.04 bits per heavy atom. The molecular weight excluding hydrogens is 340 g/mol. The molecule has 2 rings (SSSR count). The Labute approximate surface area is 149 Å². The van der Waals surface area contributed by atoms with Crippen LogP contribution in [0.4, 0.5) is 17.6 Å². The van der Waals surface area contributed by atoms with E-state index in [-0.39, 0.29) is 23.2 Å². The molecular formula is C15H22N8O3. The minimum Gasteiger partial charge on any atom is -0.368 e. The largest absolute Gasteiger partial charge is 0.368 e. The molecule has 7 N–H and O–H groups in total. The molecule has 2 heterocycles. The van der Waals surface area contributed by atoms with Gasteiger partial charge in [-0.1, -0.05) is 13.8 Å². The van der Waals surface area contributed by atoms with E-state index in [1.165, 1.54) is 4.68 Å². The predicted molar refractivity (Wildman–Crippen MR) is 95.9 cm³/mol. The number of aryl methyl sites for hydroxylation is 1. The quantitative estimate of drug-likeness (QED) is 0.427. The van der Waals surface area contributed by atoms with Gasteiger partial charge in [0.15, 0.2) is 11.6 Å². The zero-order valence-corrected chi connectivity index (χ0v) is 14.7. The number of carbonyl (C=O) groups excluding carboxylic acids is 2. The van der Waals surface area contributed by atoms with Crippen LogP contribution in [0.25, 0.3) is 0 Å². The Hall–Kier alpha value is -3.37. The Morgan fingerprint density at radius 3 is 2.54 bits per heavy atom. The van der Waals surface area contributed by atoms with Crippen molar-refractivity contribution < 1.29 is 9.59 Å². The van der Waals surface area contributed by atoms with E-state index in [9.17, 15) is 14.4 Å². The SMILES string of the molecule is CC(C)C[C@@H](Nc1nc(Nc2ccn(C)n2)c(C(N)=O)c(=O)[nH]1)C(N)=O. The number of nitrogens with zero attached hydrogens (tertiary/aromatic N) is 3. The number of nitrogens with two attached hydrogens (primary N) is 2. The second kappa shape index (κ2) is 7.68. The molecule has 0 aliphatic rings. The van der Waals surface area contributed by atoms with E-state index in [1.54, 1.807) is 19.3 Å². The third kappa shape index (κ3) is 4.59. The topological polar surface area (TPSA) is 174 Å². The summed E-state index contributed by atoms with van der Waals surface area (Å²) in [6, 6.07) is 0.895. The number of hydrogen-bond acceptors (Lipinski definition) is 7. The molecule has 0 radical (unpaired) electrons. The summed E-state index contributed by atoms with van der Waals surface area (Å²) in [6.45, 7) is 3.86. The molecule has 11 nitrogen and oxygen atoms in total. The number of nitrogens with one attached hydrogen (secondary N) is 3. The Kier molecular flexibility index (Phi) is 5.60. The Bertz CT molecular complexity index is 870. The van der Waals surface area contributed by atoms with Gasteiger partial charge in [-0.2, -0.15) is 10.1 Å². The van der Waals surface area contributed by atoms with Gasteiger partial charge < -0.3 is 22.1 Å². The maximum Gasteiger partial charge on any atom is 0.267 e. The van der Waals surface area contributed by atoms with Gasteiger partial charge in [0.05, 0.1) is 0 Å². The number of rotatable bonds is 8. The standard InChI is InChI=1S/C15H22N8O3/c1-7(2)6-8(11(16)24)18-15-20-13(10(12(17)25)14(26)21-15)19-9-4-5-23(3)22-9/h4-5,7-8H,6H2,1-3H3,(H2,16,24)(H2,17,25)(H3,18,19,20,21,22,26)/t8-/m1/s1. The first-order valence-corrected chi connectivity index (χ1v) is 7.94. The van der Waals surface area contributed by atoms with E-state index in [2.05, 4.69) is 25.7 Å². The van der Waals surface area contributed by atoms with Crippen molar-refractivity contribution in [3.05, 3.63) is 28.2 Å². The fourth-order valence-electron chi connectivity index (χ4n) is 2.35. The highest BCUT2D eigenvalue weighted by atomic mass is 16.2. The lowest BCUT2D eigenvalue weighted by atomic mass is 10.0. The van der Waals surface area contributed by atoms with E-state index >= 15 is 0 Å². The lowest BCUT2D eigenvalue weighted by molar-refractivity contribution is -0.119. The monoisotopic (exact) mass is 362 g/mol. The second-order valence-corrected chi connectivity index (χ2v) is 6.23. The molecule has 0 aromatic carbocycles. The van der Waals surface area contributed by atoms with Gasteiger partial charge in [0.1, 0.15) is 11.6 Å². The Balaban J connectivity index is 2.40. The van der Waals surface area contributed by atoms with Crippen LogP contribution in [0.15, 0.2) is 17.1 Å². The molecule has 1 atom stereocenters. The molecule has 140 valence electrons. The lowest BCUT2D eigenvalue weighted by Crippen LogP contribution is -2.38. The zero-order valence-electron chi connectivity index (χ0n) is 14.7. The highest BCUT2D eigenvalue weighted by molar-refractivity contribution is 5.98. The average molecular weight is 362 g/mol. The molecule has 0 aliphatic carbocycles. The average Bonchev–Trinajstić information content (AvgIpc) is 2.90. The minimum atomic E-state index is -0.947. The summed E-state index contributed by atoms with van der Waals surface area (Å²) in [7, 11) is 1.71. The van der Waals surface area contributed by atoms with Gasteiger partial charge in [-0.15, -0.1) is 0 Å². The van der Waals surface area contributed by atoms with Crippen LogP contribution in [-0.4, -0.2) is 37.6 Å². The van der Waals surface area contributed by atoms with Gasteiger partial charge in [0, 0.05) is 19.3 Å². The van der Waals surface area contributed by atoms with Crippen molar-refractivity contribution in [1.29, 1.82) is 0 Å². The smallest absolute Gasteiger partial charge is 0.267 e. The van der Waals surface area contributed by atoms with E-state index < -0.39 is 23.4 Å². The number of amides is 2. The molecule has 2 amide bonds. The summed E-state index contributed by atoms with van der Waals surface area (Å²) < 4.78 is 1.53. The highest BCUT2D eigenvalue weighted by Gasteiger charge is 2.21. The van der Waals surface area contributed by atoms with Crippen LogP contribution in [0.3, 0.4) is 0 Å². The van der Waals surface area contributed by atoms with Crippen molar-refractivity contribution in [2.45, 2.75) is 26.3 Å². The van der Waals surface area contributed by atoms with Gasteiger partial charge in [-0.05, 0) is 12.3 Å². The summed E-state index contributed by atoms with van der Waals surface area (Å²) in [5, 5.41) is 9.67. The third-order valence-corrected chi connectivity index (χ3v) is 3.49. The van der Waals surface area contributed by atoms with Gasteiger partial charge in [-0.25, -0.2) is 0 Å². The van der Waals surface area contributed by atoms with E-state index in [4.69, 9.17) is 11.5 Å². The van der Waals surface area contributed by atoms with Gasteiger partial charge >= 0.3 is 0 Å². The maximum absolute atomic E-state index is 12.3. The molecule has 0 unspecified atom stereocenters. The first-order chi connectivity index (χ1) is 12.2. The summed E-state index contributed by atoms with van der Waals surface area (Å²) in [4.78, 5) is 42.0. The zero-order chi connectivity index (χ0) is 19.4. The van der Waals surface area contributed by atoms with Crippen LogP contribution in [0.5, 0.6) is 0 Å². The number of carbonyl (C=O) groups is 2. The molecule has 0 spiro atoms. The number of aromatic nitrogens is 4. The molecule has 0 saturated heterocycles. The van der Waals surface area contributed by atoms with Crippen LogP contribution in [-0.2, 0) is 11.8 Å². The predicted octanol–water partition coefficient (Wildman–Crippen LogP) is -0.342. The van der Waals surface area contributed by atoms with Crippen LogP contribution in [0.1, 0.15) is 30.6 Å². The molecule has 0 fully saturated rings. The minimum absolute atomic E-state index is 0.0112. The normalized spacial score (nSPS) is 12.0. The summed E-state index contributed by atoms with van der Waals surface area (Å²) in [6.07, 6.45) is 2.12. The van der Waals surface area contributed by atoms with Crippen molar-refractivity contribution >= 4 is 29.4 Å². The second-order valence-electron chi connectivity index (χ2n) is 6.23. The van der Waals surface area contributed by atoms with Crippen molar-refractivity contribution in [2.24, 2.45) is 24.4 Å². The number of hydrogen-bond donors (Lipinski definition) is 5. The lowest BCUT2D eigenvalue weighted by Gasteiger charge is -2.18. The first-order valence-electron chi connectivity index (χ1n) is 7.94. The highest BCUT2D eigenvalue weighted by Crippen LogP contribution is 2.17.